The van der Waals surface area contributed by atoms with Crippen LogP contribution in [0.3, 0.4) is 0 Å². The van der Waals surface area contributed by atoms with Crippen LogP contribution in [-0.2, 0) is 11.2 Å². The fraction of sp³-hybridized carbons (Fsp3) is 0.385. The van der Waals surface area contributed by atoms with Crippen molar-refractivity contribution in [3.8, 4) is 0 Å². The first-order valence-corrected chi connectivity index (χ1v) is 6.36. The smallest absolute Gasteiger partial charge is 0.273 e. The summed E-state index contributed by atoms with van der Waals surface area (Å²) in [6.45, 7) is 1.31. The van der Waals surface area contributed by atoms with E-state index < -0.39 is 4.92 Å². The highest BCUT2D eigenvalue weighted by atomic mass is 16.6. The average Bonchev–Trinajstić information content (AvgIpc) is 3.09. The number of nitro benzene ring substituents is 1. The van der Waals surface area contributed by atoms with Gasteiger partial charge in [-0.25, -0.2) is 0 Å². The molecule has 2 aromatic rings. The minimum Gasteiger partial charge on any atom is -0.381 e. The zero-order valence-corrected chi connectivity index (χ0v) is 10.7. The summed E-state index contributed by atoms with van der Waals surface area (Å²) >= 11 is 0. The third-order valence-corrected chi connectivity index (χ3v) is 3.31. The van der Waals surface area contributed by atoms with Gasteiger partial charge in [0, 0.05) is 24.2 Å². The average molecular weight is 275 g/mol. The van der Waals surface area contributed by atoms with E-state index in [2.05, 4.69) is 10.1 Å². The highest BCUT2D eigenvalue weighted by molar-refractivity contribution is 5.41. The molecule has 1 aromatic carbocycles. The largest absolute Gasteiger partial charge is 0.381 e. The number of nitrogens with zero attached hydrogens (tertiary/aromatic N) is 3. The molecule has 7 nitrogen and oxygen atoms in total. The van der Waals surface area contributed by atoms with Gasteiger partial charge in [-0.05, 0) is 6.42 Å². The van der Waals surface area contributed by atoms with Crippen molar-refractivity contribution < 1.29 is 14.2 Å². The third-order valence-electron chi connectivity index (χ3n) is 3.31. The predicted molar refractivity (Wildman–Crippen MR) is 68.4 cm³/mol. The summed E-state index contributed by atoms with van der Waals surface area (Å²) in [7, 11) is 0. The van der Waals surface area contributed by atoms with Gasteiger partial charge in [-0.15, -0.1) is 0 Å². The SMILES string of the molecule is O=[N+]([O-])c1ccccc1Cc1nc([C@@H]2CCOC2)no1. The maximum Gasteiger partial charge on any atom is 0.273 e. The summed E-state index contributed by atoms with van der Waals surface area (Å²) in [6, 6.07) is 6.55. The molecular formula is C13H13N3O4. The van der Waals surface area contributed by atoms with E-state index in [1.54, 1.807) is 18.2 Å². The first-order chi connectivity index (χ1) is 9.74. The molecule has 0 unspecified atom stereocenters. The number of rotatable bonds is 4. The van der Waals surface area contributed by atoms with Crippen LogP contribution in [-0.4, -0.2) is 28.3 Å². The van der Waals surface area contributed by atoms with Crippen molar-refractivity contribution in [3.63, 3.8) is 0 Å². The molecule has 0 saturated carbocycles. The maximum atomic E-state index is 10.9. The van der Waals surface area contributed by atoms with Crippen molar-refractivity contribution in [1.29, 1.82) is 0 Å². The number of hydrogen-bond donors (Lipinski definition) is 0. The molecule has 104 valence electrons. The molecule has 3 rings (SSSR count). The molecule has 1 aliphatic heterocycles. The van der Waals surface area contributed by atoms with Crippen LogP contribution in [0.4, 0.5) is 5.69 Å². The van der Waals surface area contributed by atoms with E-state index in [4.69, 9.17) is 9.26 Å². The standard InChI is InChI=1S/C13H13N3O4/c17-16(18)11-4-2-1-3-9(11)7-12-14-13(15-20-12)10-5-6-19-8-10/h1-4,10H,5-8H2/t10-/m1/s1. The second-order valence-electron chi connectivity index (χ2n) is 4.67. The maximum absolute atomic E-state index is 10.9. The van der Waals surface area contributed by atoms with Crippen LogP contribution >= 0.6 is 0 Å². The van der Waals surface area contributed by atoms with Gasteiger partial charge in [0.1, 0.15) is 0 Å². The third kappa shape index (κ3) is 2.53. The molecule has 1 aromatic heterocycles. The quantitative estimate of drug-likeness (QED) is 0.626. The lowest BCUT2D eigenvalue weighted by Gasteiger charge is -1.99. The molecule has 0 N–H and O–H groups in total. The van der Waals surface area contributed by atoms with Crippen LogP contribution in [0.25, 0.3) is 0 Å². The van der Waals surface area contributed by atoms with E-state index in [1.165, 1.54) is 6.07 Å². The monoisotopic (exact) mass is 275 g/mol. The van der Waals surface area contributed by atoms with E-state index in [0.29, 0.717) is 30.5 Å². The van der Waals surface area contributed by atoms with Crippen molar-refractivity contribution >= 4 is 5.69 Å². The highest BCUT2D eigenvalue weighted by Gasteiger charge is 2.24. The van der Waals surface area contributed by atoms with Crippen LogP contribution in [0.5, 0.6) is 0 Å². The van der Waals surface area contributed by atoms with Crippen molar-refractivity contribution in [3.05, 3.63) is 51.7 Å². The Morgan fingerprint density at radius 1 is 1.40 bits per heavy atom. The van der Waals surface area contributed by atoms with Crippen LogP contribution in [0.1, 0.15) is 29.6 Å². The lowest BCUT2D eigenvalue weighted by Crippen LogP contribution is -2.00. The number of nitro groups is 1. The number of benzene rings is 1. The molecule has 7 heteroatoms. The van der Waals surface area contributed by atoms with E-state index >= 15 is 0 Å². The number of para-hydroxylation sites is 1. The molecule has 1 saturated heterocycles. The molecule has 0 amide bonds. The number of hydrogen-bond acceptors (Lipinski definition) is 6. The fourth-order valence-corrected chi connectivity index (χ4v) is 2.25. The molecule has 0 spiro atoms. The molecular weight excluding hydrogens is 262 g/mol. The molecule has 1 atom stereocenters. The van der Waals surface area contributed by atoms with Gasteiger partial charge in [0.25, 0.3) is 5.69 Å². The van der Waals surface area contributed by atoms with Crippen molar-refractivity contribution in [2.24, 2.45) is 0 Å². The second kappa shape index (κ2) is 5.38. The number of ether oxygens (including phenoxy) is 1. The summed E-state index contributed by atoms with van der Waals surface area (Å²) in [4.78, 5) is 14.9. The van der Waals surface area contributed by atoms with Gasteiger partial charge in [-0.2, -0.15) is 4.98 Å². The van der Waals surface area contributed by atoms with E-state index in [-0.39, 0.29) is 18.0 Å². The highest BCUT2D eigenvalue weighted by Crippen LogP contribution is 2.24. The van der Waals surface area contributed by atoms with Crippen molar-refractivity contribution in [1.82, 2.24) is 10.1 Å². The Bertz CT molecular complexity index is 620. The summed E-state index contributed by atoms with van der Waals surface area (Å²) < 4.78 is 10.5. The van der Waals surface area contributed by atoms with Crippen molar-refractivity contribution in [2.75, 3.05) is 13.2 Å². The number of aromatic nitrogens is 2. The van der Waals surface area contributed by atoms with Gasteiger partial charge in [-0.3, -0.25) is 10.1 Å². The Morgan fingerprint density at radius 3 is 3.00 bits per heavy atom. The second-order valence-corrected chi connectivity index (χ2v) is 4.67. The minimum atomic E-state index is -0.405. The summed E-state index contributed by atoms with van der Waals surface area (Å²) in [6.07, 6.45) is 1.14. The van der Waals surface area contributed by atoms with Gasteiger partial charge in [0.05, 0.1) is 18.0 Å². The lowest BCUT2D eigenvalue weighted by atomic mass is 10.1. The van der Waals surface area contributed by atoms with Crippen LogP contribution in [0.15, 0.2) is 28.8 Å². The molecule has 0 radical (unpaired) electrons. The van der Waals surface area contributed by atoms with Crippen molar-refractivity contribution in [2.45, 2.75) is 18.8 Å². The Labute approximate surface area is 114 Å². The zero-order valence-electron chi connectivity index (χ0n) is 10.7. The molecule has 0 bridgehead atoms. The van der Waals surface area contributed by atoms with E-state index in [9.17, 15) is 10.1 Å². The first kappa shape index (κ1) is 12.7. The molecule has 2 heterocycles. The molecule has 1 aliphatic rings. The first-order valence-electron chi connectivity index (χ1n) is 6.36. The molecule has 1 fully saturated rings. The van der Waals surface area contributed by atoms with Gasteiger partial charge in [-0.1, -0.05) is 23.4 Å². The van der Waals surface area contributed by atoms with Gasteiger partial charge < -0.3 is 9.26 Å². The van der Waals surface area contributed by atoms with Gasteiger partial charge in [0.2, 0.25) is 5.89 Å². The Hall–Kier alpha value is -2.28. The lowest BCUT2D eigenvalue weighted by molar-refractivity contribution is -0.385. The van der Waals surface area contributed by atoms with Gasteiger partial charge in [0.15, 0.2) is 5.82 Å². The van der Waals surface area contributed by atoms with Crippen LogP contribution in [0.2, 0.25) is 0 Å². The molecule has 20 heavy (non-hydrogen) atoms. The Balaban J connectivity index is 1.79. The minimum absolute atomic E-state index is 0.0662. The van der Waals surface area contributed by atoms with Crippen LogP contribution in [0, 0.1) is 10.1 Å². The summed E-state index contributed by atoms with van der Waals surface area (Å²) in [5, 5.41) is 14.9. The normalized spacial score (nSPS) is 18.3. The van der Waals surface area contributed by atoms with Crippen LogP contribution < -0.4 is 0 Å². The zero-order chi connectivity index (χ0) is 13.9. The summed E-state index contributed by atoms with van der Waals surface area (Å²) in [5.74, 6) is 1.18. The molecule has 0 aliphatic carbocycles. The van der Waals surface area contributed by atoms with Gasteiger partial charge >= 0.3 is 0 Å². The Morgan fingerprint density at radius 2 is 2.25 bits per heavy atom. The van der Waals surface area contributed by atoms with E-state index in [1.807, 2.05) is 0 Å². The summed E-state index contributed by atoms with van der Waals surface area (Å²) in [5.41, 5.74) is 0.631. The Kier molecular flexibility index (Phi) is 3.42. The predicted octanol–water partition coefficient (Wildman–Crippen LogP) is 2.07. The fourth-order valence-electron chi connectivity index (χ4n) is 2.25. The van der Waals surface area contributed by atoms with E-state index in [0.717, 1.165) is 6.42 Å². The topological polar surface area (TPSA) is 91.3 Å².